The molecule has 0 aliphatic rings. The normalized spacial score (nSPS) is 12.3. The molecule has 0 atom stereocenters. The van der Waals surface area contributed by atoms with Gasteiger partial charge in [-0.15, -0.1) is 0 Å². The highest BCUT2D eigenvalue weighted by molar-refractivity contribution is 7.89. The molecule has 0 fully saturated rings. The Morgan fingerprint density at radius 3 is 2.43 bits per heavy atom. The molecule has 0 heterocycles. The number of nitrogens with zero attached hydrogens (tertiary/aromatic N) is 2. The molecule has 0 unspecified atom stereocenters. The summed E-state index contributed by atoms with van der Waals surface area (Å²) < 4.78 is 26.9. The van der Waals surface area contributed by atoms with Crippen molar-refractivity contribution in [1.82, 2.24) is 14.9 Å². The van der Waals surface area contributed by atoms with E-state index in [1.807, 2.05) is 18.9 Å². The van der Waals surface area contributed by atoms with Gasteiger partial charge in [0.1, 0.15) is 0 Å². The summed E-state index contributed by atoms with van der Waals surface area (Å²) in [4.78, 5) is 6.52. The monoisotopic (exact) mass is 340 g/mol. The van der Waals surface area contributed by atoms with Gasteiger partial charge in [0.05, 0.1) is 4.90 Å². The lowest BCUT2D eigenvalue weighted by molar-refractivity contribution is 0.465. The molecule has 0 aliphatic carbocycles. The second kappa shape index (κ2) is 9.52. The molecular formula is C16H28N4O2S. The molecule has 0 radical (unpaired) electrons. The molecule has 0 aromatic heterocycles. The number of benzene rings is 1. The predicted molar refractivity (Wildman–Crippen MR) is 95.3 cm³/mol. The van der Waals surface area contributed by atoms with E-state index in [9.17, 15) is 8.42 Å². The Labute approximate surface area is 140 Å². The quantitative estimate of drug-likeness (QED) is 0.428. The van der Waals surface area contributed by atoms with E-state index in [1.165, 1.54) is 0 Å². The molecule has 1 rings (SSSR count). The lowest BCUT2D eigenvalue weighted by atomic mass is 10.2. The fourth-order valence-electron chi connectivity index (χ4n) is 2.05. The first-order valence-corrected chi connectivity index (χ1v) is 9.37. The van der Waals surface area contributed by atoms with Crippen LogP contribution in [0, 0.1) is 6.92 Å². The Morgan fingerprint density at radius 1 is 1.22 bits per heavy atom. The van der Waals surface area contributed by atoms with Gasteiger partial charge in [0.15, 0.2) is 5.96 Å². The van der Waals surface area contributed by atoms with Crippen molar-refractivity contribution < 1.29 is 8.42 Å². The topological polar surface area (TPSA) is 73.8 Å². The molecule has 0 amide bonds. The number of rotatable bonds is 8. The van der Waals surface area contributed by atoms with Crippen molar-refractivity contribution in [3.8, 4) is 0 Å². The highest BCUT2D eigenvalue weighted by Crippen LogP contribution is 2.09. The standard InChI is InChI=1S/C16H28N4O2S/c1-5-6-13-20(4)16(17-3)18-11-12-19-23(21,22)15-9-7-14(2)8-10-15/h7-10,19H,5-6,11-13H2,1-4H3,(H,17,18). The molecule has 2 N–H and O–H groups in total. The summed E-state index contributed by atoms with van der Waals surface area (Å²) in [7, 11) is 0.238. The Balaban J connectivity index is 2.45. The summed E-state index contributed by atoms with van der Waals surface area (Å²) in [6.45, 7) is 5.77. The zero-order valence-electron chi connectivity index (χ0n) is 14.5. The van der Waals surface area contributed by atoms with E-state index in [0.717, 1.165) is 30.9 Å². The van der Waals surface area contributed by atoms with Crippen molar-refractivity contribution >= 4 is 16.0 Å². The number of hydrogen-bond acceptors (Lipinski definition) is 3. The molecule has 0 aliphatic heterocycles. The SMILES string of the molecule is CCCCN(C)C(=NC)NCCNS(=O)(=O)c1ccc(C)cc1. The summed E-state index contributed by atoms with van der Waals surface area (Å²) in [6.07, 6.45) is 2.22. The van der Waals surface area contributed by atoms with Crippen LogP contribution in [0.2, 0.25) is 0 Å². The first-order chi connectivity index (χ1) is 10.9. The number of unbranched alkanes of at least 4 members (excludes halogenated alkanes) is 1. The van der Waals surface area contributed by atoms with Crippen molar-refractivity contribution in [2.75, 3.05) is 33.7 Å². The molecular weight excluding hydrogens is 312 g/mol. The van der Waals surface area contributed by atoms with E-state index in [-0.39, 0.29) is 4.90 Å². The van der Waals surface area contributed by atoms with Crippen molar-refractivity contribution in [3.63, 3.8) is 0 Å². The van der Waals surface area contributed by atoms with Crippen LogP contribution in [-0.2, 0) is 10.0 Å². The second-order valence-corrected chi connectivity index (χ2v) is 7.23. The Kier molecular flexibility index (Phi) is 8.05. The van der Waals surface area contributed by atoms with Gasteiger partial charge >= 0.3 is 0 Å². The van der Waals surface area contributed by atoms with Gasteiger partial charge in [-0.2, -0.15) is 0 Å². The van der Waals surface area contributed by atoms with Crippen molar-refractivity contribution in [2.24, 2.45) is 4.99 Å². The Hall–Kier alpha value is -1.60. The lowest BCUT2D eigenvalue weighted by Gasteiger charge is -2.21. The average molecular weight is 340 g/mol. The predicted octanol–water partition coefficient (Wildman–Crippen LogP) is 1.58. The molecule has 6 nitrogen and oxygen atoms in total. The zero-order chi connectivity index (χ0) is 17.3. The van der Waals surface area contributed by atoms with E-state index in [4.69, 9.17) is 0 Å². The third-order valence-corrected chi connectivity index (χ3v) is 4.93. The Bertz CT molecular complexity index is 597. The first-order valence-electron chi connectivity index (χ1n) is 7.89. The van der Waals surface area contributed by atoms with Gasteiger partial charge < -0.3 is 10.2 Å². The molecule has 0 spiro atoms. The van der Waals surface area contributed by atoms with E-state index >= 15 is 0 Å². The van der Waals surface area contributed by atoms with Crippen LogP contribution in [0.3, 0.4) is 0 Å². The molecule has 130 valence electrons. The molecule has 7 heteroatoms. The minimum Gasteiger partial charge on any atom is -0.355 e. The van der Waals surface area contributed by atoms with E-state index in [2.05, 4.69) is 22.0 Å². The molecule has 1 aromatic rings. The number of sulfonamides is 1. The highest BCUT2D eigenvalue weighted by atomic mass is 32.2. The van der Waals surface area contributed by atoms with Gasteiger partial charge in [0.2, 0.25) is 10.0 Å². The van der Waals surface area contributed by atoms with Crippen molar-refractivity contribution in [2.45, 2.75) is 31.6 Å². The average Bonchev–Trinajstić information content (AvgIpc) is 2.53. The summed E-state index contributed by atoms with van der Waals surface area (Å²) in [5, 5.41) is 3.16. The Morgan fingerprint density at radius 2 is 1.87 bits per heavy atom. The third kappa shape index (κ3) is 6.58. The zero-order valence-corrected chi connectivity index (χ0v) is 15.3. The maximum Gasteiger partial charge on any atom is 0.240 e. The molecule has 0 bridgehead atoms. The van der Waals surface area contributed by atoms with Crippen molar-refractivity contribution in [1.29, 1.82) is 0 Å². The maximum absolute atomic E-state index is 12.2. The molecule has 0 saturated heterocycles. The van der Waals surface area contributed by atoms with Crippen LogP contribution in [0.4, 0.5) is 0 Å². The number of nitrogens with one attached hydrogen (secondary N) is 2. The maximum atomic E-state index is 12.2. The molecule has 23 heavy (non-hydrogen) atoms. The van der Waals surface area contributed by atoms with Gasteiger partial charge in [-0.3, -0.25) is 4.99 Å². The summed E-state index contributed by atoms with van der Waals surface area (Å²) >= 11 is 0. The number of guanidine groups is 1. The van der Waals surface area contributed by atoms with Gasteiger partial charge in [0, 0.05) is 33.7 Å². The summed E-state index contributed by atoms with van der Waals surface area (Å²) in [5.74, 6) is 0.771. The highest BCUT2D eigenvalue weighted by Gasteiger charge is 2.13. The van der Waals surface area contributed by atoms with Crippen LogP contribution in [0.25, 0.3) is 0 Å². The van der Waals surface area contributed by atoms with E-state index < -0.39 is 10.0 Å². The van der Waals surface area contributed by atoms with Crippen LogP contribution in [0.15, 0.2) is 34.2 Å². The van der Waals surface area contributed by atoms with Gasteiger partial charge in [-0.1, -0.05) is 31.0 Å². The fourth-order valence-corrected chi connectivity index (χ4v) is 3.08. The lowest BCUT2D eigenvalue weighted by Crippen LogP contribution is -2.42. The molecule has 1 aromatic carbocycles. The van der Waals surface area contributed by atoms with Crippen LogP contribution >= 0.6 is 0 Å². The van der Waals surface area contributed by atoms with Crippen molar-refractivity contribution in [3.05, 3.63) is 29.8 Å². The van der Waals surface area contributed by atoms with E-state index in [0.29, 0.717) is 13.1 Å². The number of hydrogen-bond donors (Lipinski definition) is 2. The molecule has 0 saturated carbocycles. The van der Waals surface area contributed by atoms with Crippen LogP contribution < -0.4 is 10.0 Å². The number of aryl methyl sites for hydroxylation is 1. The van der Waals surface area contributed by atoms with Crippen LogP contribution in [0.1, 0.15) is 25.3 Å². The fraction of sp³-hybridized carbons (Fsp3) is 0.562. The van der Waals surface area contributed by atoms with Crippen LogP contribution in [0.5, 0.6) is 0 Å². The second-order valence-electron chi connectivity index (χ2n) is 5.46. The van der Waals surface area contributed by atoms with E-state index in [1.54, 1.807) is 31.3 Å². The number of aliphatic imine (C=N–C) groups is 1. The minimum atomic E-state index is -3.46. The first kappa shape index (κ1) is 19.4. The van der Waals surface area contributed by atoms with Gasteiger partial charge in [-0.05, 0) is 25.5 Å². The van der Waals surface area contributed by atoms with Gasteiger partial charge in [-0.25, -0.2) is 13.1 Å². The third-order valence-electron chi connectivity index (χ3n) is 3.45. The minimum absolute atomic E-state index is 0.285. The smallest absolute Gasteiger partial charge is 0.240 e. The van der Waals surface area contributed by atoms with Crippen LogP contribution in [-0.4, -0.2) is 53.0 Å². The summed E-state index contributed by atoms with van der Waals surface area (Å²) in [5.41, 5.74) is 1.03. The largest absolute Gasteiger partial charge is 0.355 e. The summed E-state index contributed by atoms with van der Waals surface area (Å²) in [6, 6.07) is 6.81. The van der Waals surface area contributed by atoms with Gasteiger partial charge in [0.25, 0.3) is 0 Å².